The molecule has 0 fully saturated rings. The number of sulfone groups is 1. The van der Waals surface area contributed by atoms with Gasteiger partial charge in [-0.05, 0) is 0 Å². The highest BCUT2D eigenvalue weighted by Gasteiger charge is 2.16. The molecule has 0 amide bonds. The van der Waals surface area contributed by atoms with Crippen LogP contribution in [0.2, 0.25) is 0 Å². The molecule has 0 aromatic rings. The van der Waals surface area contributed by atoms with Gasteiger partial charge in [0.2, 0.25) is 0 Å². The van der Waals surface area contributed by atoms with Gasteiger partial charge in [0.1, 0.15) is 5.08 Å². The lowest BCUT2D eigenvalue weighted by Crippen LogP contribution is -1.97. The van der Waals surface area contributed by atoms with E-state index in [0.717, 1.165) is 5.41 Å². The molecule has 0 radical (unpaired) electrons. The van der Waals surface area contributed by atoms with Gasteiger partial charge in [-0.15, -0.1) is 0 Å². The Morgan fingerprint density at radius 3 is 2.25 bits per heavy atom. The van der Waals surface area contributed by atoms with E-state index in [1.807, 2.05) is 0 Å². The summed E-state index contributed by atoms with van der Waals surface area (Å²) in [6.45, 7) is 0. The summed E-state index contributed by atoms with van der Waals surface area (Å²) in [6.07, 6.45) is 0. The molecule has 0 spiro atoms. The summed E-state index contributed by atoms with van der Waals surface area (Å²) in [6, 6.07) is 0. The normalized spacial score (nSPS) is 33.2. The Balaban J connectivity index is 3.06. The standard InChI is InChI=1S/C3H4O3S2/c4-7-1-2-8(5,6)3-7/h1-2H,3H2. The predicted molar refractivity (Wildman–Crippen MR) is 31.1 cm³/mol. The van der Waals surface area contributed by atoms with Crippen LogP contribution in [0.15, 0.2) is 10.8 Å². The predicted octanol–water partition coefficient (Wildman–Crippen LogP) is -0.408. The second-order valence-electron chi connectivity index (χ2n) is 1.43. The lowest BCUT2D eigenvalue weighted by Gasteiger charge is -1.80. The largest absolute Gasteiger partial charge is 0.254 e. The zero-order valence-corrected chi connectivity index (χ0v) is 5.54. The Bertz CT molecular complexity index is 235. The SMILES string of the molecule is O=S1C=CS(=O)(=O)C1. The van der Waals surface area contributed by atoms with Crippen LogP contribution in [0.1, 0.15) is 0 Å². The van der Waals surface area contributed by atoms with Crippen LogP contribution >= 0.6 is 0 Å². The van der Waals surface area contributed by atoms with Crippen molar-refractivity contribution in [2.24, 2.45) is 0 Å². The van der Waals surface area contributed by atoms with Crippen molar-refractivity contribution < 1.29 is 12.6 Å². The van der Waals surface area contributed by atoms with Crippen LogP contribution < -0.4 is 0 Å². The van der Waals surface area contributed by atoms with Crippen molar-refractivity contribution in [3.63, 3.8) is 0 Å². The second-order valence-corrected chi connectivity index (χ2v) is 5.01. The van der Waals surface area contributed by atoms with E-state index in [2.05, 4.69) is 0 Å². The third kappa shape index (κ3) is 1.16. The van der Waals surface area contributed by atoms with Gasteiger partial charge in [0.05, 0.1) is 10.8 Å². The lowest BCUT2D eigenvalue weighted by atomic mass is 11.3. The van der Waals surface area contributed by atoms with Crippen molar-refractivity contribution in [2.75, 3.05) is 5.08 Å². The first-order chi connectivity index (χ1) is 3.60. The maximum absolute atomic E-state index is 10.4. The molecule has 46 valence electrons. The van der Waals surface area contributed by atoms with Gasteiger partial charge in [0.15, 0.2) is 9.84 Å². The zero-order chi connectivity index (χ0) is 6.20. The highest BCUT2D eigenvalue weighted by Crippen LogP contribution is 2.05. The van der Waals surface area contributed by atoms with E-state index in [1.165, 1.54) is 5.41 Å². The molecule has 0 bridgehead atoms. The second kappa shape index (κ2) is 1.66. The van der Waals surface area contributed by atoms with E-state index in [0.29, 0.717) is 0 Å². The third-order valence-corrected chi connectivity index (χ3v) is 4.10. The molecule has 1 rings (SSSR count). The van der Waals surface area contributed by atoms with E-state index in [1.54, 1.807) is 0 Å². The minimum Gasteiger partial charge on any atom is -0.254 e. The average molecular weight is 152 g/mol. The first kappa shape index (κ1) is 5.97. The van der Waals surface area contributed by atoms with Gasteiger partial charge in [0.25, 0.3) is 0 Å². The maximum Gasteiger partial charge on any atom is 0.184 e. The summed E-state index contributed by atoms with van der Waals surface area (Å²) in [5.74, 6) is 0. The Morgan fingerprint density at radius 2 is 2.12 bits per heavy atom. The minimum absolute atomic E-state index is 0.229. The van der Waals surface area contributed by atoms with E-state index in [-0.39, 0.29) is 5.08 Å². The van der Waals surface area contributed by atoms with Gasteiger partial charge >= 0.3 is 0 Å². The molecule has 1 heterocycles. The molecule has 3 nitrogen and oxygen atoms in total. The molecule has 5 heteroatoms. The van der Waals surface area contributed by atoms with Crippen molar-refractivity contribution in [1.82, 2.24) is 0 Å². The van der Waals surface area contributed by atoms with Crippen LogP contribution in [-0.4, -0.2) is 17.7 Å². The Kier molecular flexibility index (Phi) is 1.24. The molecule has 0 aromatic heterocycles. The van der Waals surface area contributed by atoms with Crippen LogP contribution in [0.3, 0.4) is 0 Å². The molecule has 1 aliphatic rings. The number of hydrogen-bond donors (Lipinski definition) is 0. The summed E-state index contributed by atoms with van der Waals surface area (Å²) < 4.78 is 31.0. The zero-order valence-electron chi connectivity index (χ0n) is 3.90. The van der Waals surface area contributed by atoms with Gasteiger partial charge in [-0.2, -0.15) is 0 Å². The summed E-state index contributed by atoms with van der Waals surface area (Å²) in [5, 5.41) is 1.95. The van der Waals surface area contributed by atoms with Crippen molar-refractivity contribution in [3.8, 4) is 0 Å². The Morgan fingerprint density at radius 1 is 1.50 bits per heavy atom. The average Bonchev–Trinajstić information content (AvgIpc) is 1.82. The molecule has 0 saturated heterocycles. The molecular formula is C3H4O3S2. The molecule has 1 aliphatic heterocycles. The smallest absolute Gasteiger partial charge is 0.184 e. The molecule has 8 heavy (non-hydrogen) atoms. The van der Waals surface area contributed by atoms with Crippen LogP contribution in [0.5, 0.6) is 0 Å². The highest BCUT2D eigenvalue weighted by atomic mass is 32.3. The minimum atomic E-state index is -3.08. The van der Waals surface area contributed by atoms with E-state index < -0.39 is 20.6 Å². The first-order valence-electron chi connectivity index (χ1n) is 1.88. The van der Waals surface area contributed by atoms with Gasteiger partial charge < -0.3 is 0 Å². The summed E-state index contributed by atoms with van der Waals surface area (Å²) in [4.78, 5) is 0. The van der Waals surface area contributed by atoms with Crippen LogP contribution in [0.4, 0.5) is 0 Å². The lowest BCUT2D eigenvalue weighted by molar-refractivity contribution is 0.609. The Hall–Kier alpha value is -0.160. The number of rotatable bonds is 0. The van der Waals surface area contributed by atoms with E-state index in [4.69, 9.17) is 0 Å². The van der Waals surface area contributed by atoms with Crippen molar-refractivity contribution in [1.29, 1.82) is 0 Å². The monoisotopic (exact) mass is 152 g/mol. The van der Waals surface area contributed by atoms with Gasteiger partial charge in [-0.25, -0.2) is 8.42 Å². The summed E-state index contributed by atoms with van der Waals surface area (Å²) >= 11 is 0. The molecule has 1 atom stereocenters. The quantitative estimate of drug-likeness (QED) is 0.474. The third-order valence-electron chi connectivity index (χ3n) is 0.695. The van der Waals surface area contributed by atoms with E-state index in [9.17, 15) is 12.6 Å². The summed E-state index contributed by atoms with van der Waals surface area (Å²) in [5.41, 5.74) is 0. The molecule has 1 unspecified atom stereocenters. The van der Waals surface area contributed by atoms with Crippen LogP contribution in [0.25, 0.3) is 0 Å². The van der Waals surface area contributed by atoms with Crippen molar-refractivity contribution in [2.45, 2.75) is 0 Å². The van der Waals surface area contributed by atoms with Crippen molar-refractivity contribution >= 4 is 20.6 Å². The van der Waals surface area contributed by atoms with Gasteiger partial charge in [-0.3, -0.25) is 4.21 Å². The highest BCUT2D eigenvalue weighted by molar-refractivity contribution is 8.10. The fraction of sp³-hybridized carbons (Fsp3) is 0.333. The molecule has 0 aromatic carbocycles. The summed E-state index contributed by atoms with van der Waals surface area (Å²) in [7, 11) is -4.34. The Labute approximate surface area is 49.8 Å². The molecule has 0 aliphatic carbocycles. The van der Waals surface area contributed by atoms with Crippen molar-refractivity contribution in [3.05, 3.63) is 10.8 Å². The topological polar surface area (TPSA) is 51.2 Å². The molecule has 0 saturated carbocycles. The van der Waals surface area contributed by atoms with Gasteiger partial charge in [0, 0.05) is 10.8 Å². The fourth-order valence-electron chi connectivity index (χ4n) is 0.387. The molecular weight excluding hydrogens is 148 g/mol. The van der Waals surface area contributed by atoms with Crippen LogP contribution in [0, 0.1) is 0 Å². The fourth-order valence-corrected chi connectivity index (χ4v) is 3.48. The van der Waals surface area contributed by atoms with E-state index >= 15 is 0 Å². The van der Waals surface area contributed by atoms with Crippen LogP contribution in [-0.2, 0) is 20.6 Å². The molecule has 0 N–H and O–H groups in total. The maximum atomic E-state index is 10.4. The number of hydrogen-bond acceptors (Lipinski definition) is 3. The first-order valence-corrected chi connectivity index (χ1v) is 4.98. The van der Waals surface area contributed by atoms with Gasteiger partial charge in [-0.1, -0.05) is 0 Å².